The lowest BCUT2D eigenvalue weighted by molar-refractivity contribution is 0.200. The molecule has 35 heavy (non-hydrogen) atoms. The Morgan fingerprint density at radius 3 is 2.40 bits per heavy atom. The van der Waals surface area contributed by atoms with E-state index in [0.717, 1.165) is 51.8 Å². The van der Waals surface area contributed by atoms with Crippen LogP contribution < -0.4 is 14.2 Å². The van der Waals surface area contributed by atoms with E-state index in [4.69, 9.17) is 9.47 Å². The smallest absolute Gasteiger partial charge is 0.301 e. The van der Waals surface area contributed by atoms with Gasteiger partial charge in [-0.15, -0.1) is 0 Å². The molecule has 0 aliphatic heterocycles. The van der Waals surface area contributed by atoms with Gasteiger partial charge in [-0.25, -0.2) is 0 Å². The van der Waals surface area contributed by atoms with Gasteiger partial charge in [0.1, 0.15) is 0 Å². The first-order valence-corrected chi connectivity index (χ1v) is 13.3. The molecule has 1 N–H and O–H groups in total. The van der Waals surface area contributed by atoms with Gasteiger partial charge in [-0.2, -0.15) is 12.7 Å². The van der Waals surface area contributed by atoms with Gasteiger partial charge in [0.05, 0.1) is 18.9 Å². The Morgan fingerprint density at radius 1 is 1.00 bits per heavy atom. The van der Waals surface area contributed by atoms with Crippen molar-refractivity contribution in [2.24, 2.45) is 0 Å². The van der Waals surface area contributed by atoms with Gasteiger partial charge in [0.15, 0.2) is 11.5 Å². The van der Waals surface area contributed by atoms with Gasteiger partial charge in [-0.1, -0.05) is 18.2 Å². The quantitative estimate of drug-likeness (QED) is 0.428. The molecule has 3 aromatic rings. The zero-order valence-corrected chi connectivity index (χ0v) is 21.3. The Bertz CT molecular complexity index is 1230. The molecule has 1 fully saturated rings. The third kappa shape index (κ3) is 6.32. The summed E-state index contributed by atoms with van der Waals surface area (Å²) in [5.41, 5.74) is 3.73. The number of benzene rings is 2. The zero-order valence-electron chi connectivity index (χ0n) is 20.5. The van der Waals surface area contributed by atoms with Crippen LogP contribution in [0.25, 0.3) is 0 Å². The number of nitrogens with one attached hydrogen (secondary N) is 1. The van der Waals surface area contributed by atoms with Gasteiger partial charge in [0.25, 0.3) is 0 Å². The zero-order chi connectivity index (χ0) is 24.8. The van der Waals surface area contributed by atoms with Crippen LogP contribution in [0.5, 0.6) is 11.5 Å². The molecule has 4 rings (SSSR count). The minimum absolute atomic E-state index is 0.0296. The number of nitrogens with zero attached hydrogens (tertiary/aromatic N) is 2. The van der Waals surface area contributed by atoms with E-state index in [1.54, 1.807) is 25.6 Å². The van der Waals surface area contributed by atoms with Crippen molar-refractivity contribution in [3.05, 3.63) is 83.7 Å². The predicted molar refractivity (Wildman–Crippen MR) is 138 cm³/mol. The summed E-state index contributed by atoms with van der Waals surface area (Å²) in [7, 11) is 1.05. The van der Waals surface area contributed by atoms with Gasteiger partial charge in [0, 0.05) is 32.4 Å². The highest BCUT2D eigenvalue weighted by atomic mass is 32.2. The number of rotatable bonds is 10. The Labute approximate surface area is 208 Å². The number of aromatic nitrogens is 1. The highest BCUT2D eigenvalue weighted by molar-refractivity contribution is 7.90. The predicted octanol–water partition coefficient (Wildman–Crippen LogP) is 5.00. The average molecular weight is 496 g/mol. The fraction of sp³-hybridized carbons (Fsp3) is 0.370. The third-order valence-electron chi connectivity index (χ3n) is 6.39. The van der Waals surface area contributed by atoms with Crippen molar-refractivity contribution in [3.8, 4) is 11.5 Å². The van der Waals surface area contributed by atoms with Crippen LogP contribution in [0.2, 0.25) is 0 Å². The minimum atomic E-state index is -3.61. The largest absolute Gasteiger partial charge is 0.493 e. The molecule has 8 heteroatoms. The normalized spacial score (nSPS) is 15.2. The summed E-state index contributed by atoms with van der Waals surface area (Å²) in [6.45, 7) is 0. The Morgan fingerprint density at radius 2 is 1.71 bits per heavy atom. The SMILES string of the molecule is COc1ccc([C@H](Cc2ccncc2)c2cccc(NS(=O)(=O)N(C)C)c2)cc1OC1CCCC1. The lowest BCUT2D eigenvalue weighted by Gasteiger charge is -2.22. The molecule has 1 heterocycles. The Hall–Kier alpha value is -3.10. The highest BCUT2D eigenvalue weighted by Crippen LogP contribution is 2.37. The Balaban J connectivity index is 1.72. The van der Waals surface area contributed by atoms with E-state index in [-0.39, 0.29) is 12.0 Å². The van der Waals surface area contributed by atoms with Crippen molar-refractivity contribution in [1.82, 2.24) is 9.29 Å². The molecular formula is C27H33N3O4S. The van der Waals surface area contributed by atoms with E-state index < -0.39 is 10.2 Å². The summed E-state index contributed by atoms with van der Waals surface area (Å²) in [5.74, 6) is 1.44. The second-order valence-corrected chi connectivity index (χ2v) is 10.9. The van der Waals surface area contributed by atoms with E-state index in [1.165, 1.54) is 26.9 Å². The van der Waals surface area contributed by atoms with Gasteiger partial charge < -0.3 is 9.47 Å². The maximum absolute atomic E-state index is 12.4. The molecule has 0 radical (unpaired) electrons. The summed E-state index contributed by atoms with van der Waals surface area (Å²) in [5, 5.41) is 0. The fourth-order valence-corrected chi connectivity index (χ4v) is 5.04. The van der Waals surface area contributed by atoms with Crippen LogP contribution in [-0.4, -0.2) is 45.0 Å². The molecule has 1 saturated carbocycles. The number of pyridine rings is 1. The van der Waals surface area contributed by atoms with E-state index in [2.05, 4.69) is 21.8 Å². The molecule has 2 aromatic carbocycles. The van der Waals surface area contributed by atoms with E-state index >= 15 is 0 Å². The number of ether oxygens (including phenoxy) is 2. The Kier molecular flexibility index (Phi) is 7.93. The molecule has 1 atom stereocenters. The first-order chi connectivity index (χ1) is 16.9. The van der Waals surface area contributed by atoms with Gasteiger partial charge in [-0.05, 0) is 85.2 Å². The van der Waals surface area contributed by atoms with Crippen LogP contribution in [0.15, 0.2) is 67.0 Å². The monoisotopic (exact) mass is 495 g/mol. The lowest BCUT2D eigenvalue weighted by Crippen LogP contribution is -2.28. The van der Waals surface area contributed by atoms with Gasteiger partial charge in [-0.3, -0.25) is 9.71 Å². The van der Waals surface area contributed by atoms with Crippen molar-refractivity contribution in [3.63, 3.8) is 0 Å². The minimum Gasteiger partial charge on any atom is -0.493 e. The van der Waals surface area contributed by atoms with Crippen molar-refractivity contribution in [2.45, 2.75) is 44.1 Å². The molecule has 0 amide bonds. The summed E-state index contributed by atoms with van der Waals surface area (Å²) < 4.78 is 40.6. The molecule has 0 spiro atoms. The van der Waals surface area contributed by atoms with Crippen LogP contribution in [0.1, 0.15) is 48.3 Å². The molecule has 1 aliphatic carbocycles. The van der Waals surface area contributed by atoms with Crippen molar-refractivity contribution in [1.29, 1.82) is 0 Å². The van der Waals surface area contributed by atoms with Crippen LogP contribution in [0.4, 0.5) is 5.69 Å². The second kappa shape index (κ2) is 11.1. The molecular weight excluding hydrogens is 462 g/mol. The topological polar surface area (TPSA) is 80.8 Å². The first-order valence-electron chi connectivity index (χ1n) is 11.9. The molecule has 0 bridgehead atoms. The number of hydrogen-bond donors (Lipinski definition) is 1. The number of hydrogen-bond acceptors (Lipinski definition) is 5. The molecule has 1 aliphatic rings. The standard InChI is InChI=1S/C27H33N3O4S/c1-30(2)35(31,32)29-23-8-6-7-21(18-23)25(17-20-13-15-28-16-14-20)22-11-12-26(33-3)27(19-22)34-24-9-4-5-10-24/h6-8,11-16,18-19,24-25,29H,4-5,9-10,17H2,1-3H3/t25-/m1/s1. The third-order valence-corrected chi connectivity index (χ3v) is 7.85. The molecule has 1 aromatic heterocycles. The fourth-order valence-electron chi connectivity index (χ4n) is 4.43. The molecule has 0 saturated heterocycles. The van der Waals surface area contributed by atoms with E-state index in [9.17, 15) is 8.42 Å². The molecule has 186 valence electrons. The van der Waals surface area contributed by atoms with Crippen molar-refractivity contribution in [2.75, 3.05) is 25.9 Å². The maximum atomic E-state index is 12.4. The number of methoxy groups -OCH3 is 1. The van der Waals surface area contributed by atoms with Crippen LogP contribution in [0, 0.1) is 0 Å². The van der Waals surface area contributed by atoms with Crippen molar-refractivity contribution < 1.29 is 17.9 Å². The summed E-state index contributed by atoms with van der Waals surface area (Å²) in [6, 6.07) is 17.7. The van der Waals surface area contributed by atoms with E-state index in [1.807, 2.05) is 36.4 Å². The number of anilines is 1. The molecule has 7 nitrogen and oxygen atoms in total. The van der Waals surface area contributed by atoms with Gasteiger partial charge in [0.2, 0.25) is 0 Å². The maximum Gasteiger partial charge on any atom is 0.301 e. The summed E-state index contributed by atoms with van der Waals surface area (Å²) in [6.07, 6.45) is 9.00. The summed E-state index contributed by atoms with van der Waals surface area (Å²) >= 11 is 0. The second-order valence-electron chi connectivity index (χ2n) is 9.06. The van der Waals surface area contributed by atoms with Crippen LogP contribution >= 0.6 is 0 Å². The molecule has 0 unspecified atom stereocenters. The van der Waals surface area contributed by atoms with E-state index in [0.29, 0.717) is 5.69 Å². The average Bonchev–Trinajstić information content (AvgIpc) is 3.36. The van der Waals surface area contributed by atoms with Gasteiger partial charge >= 0.3 is 10.2 Å². The van der Waals surface area contributed by atoms with Crippen LogP contribution in [-0.2, 0) is 16.6 Å². The highest BCUT2D eigenvalue weighted by Gasteiger charge is 2.22. The summed E-state index contributed by atoms with van der Waals surface area (Å²) in [4.78, 5) is 4.15. The first kappa shape index (κ1) is 25.0. The van der Waals surface area contributed by atoms with Crippen molar-refractivity contribution >= 4 is 15.9 Å². The lowest BCUT2D eigenvalue weighted by atomic mass is 9.86. The van der Waals surface area contributed by atoms with Crippen LogP contribution in [0.3, 0.4) is 0 Å².